The van der Waals surface area contributed by atoms with E-state index in [2.05, 4.69) is 17.6 Å². The van der Waals surface area contributed by atoms with E-state index in [9.17, 15) is 9.59 Å². The van der Waals surface area contributed by atoms with E-state index in [1.165, 1.54) is 0 Å². The molecule has 2 aromatic rings. The highest BCUT2D eigenvalue weighted by Gasteiger charge is 2.18. The molecule has 0 aliphatic heterocycles. The molecule has 0 aromatic heterocycles. The molecule has 0 spiro atoms. The predicted octanol–water partition coefficient (Wildman–Crippen LogP) is 4.28. The molecule has 0 saturated heterocycles. The number of ether oxygens (including phenoxy) is 1. The molecule has 0 fully saturated rings. The third-order valence-electron chi connectivity index (χ3n) is 3.72. The molecule has 5 nitrogen and oxygen atoms in total. The van der Waals surface area contributed by atoms with Gasteiger partial charge in [0, 0.05) is 11.6 Å². The SMILES string of the molecule is CCCCNC(=O)c1ccccc1NC(=O)[C@@H](C)Oc1cccc(Cl)c1. The second-order valence-corrected chi connectivity index (χ2v) is 6.30. The molecule has 2 rings (SSSR count). The molecular weight excluding hydrogens is 352 g/mol. The first-order chi connectivity index (χ1) is 12.5. The Bertz CT molecular complexity index is 764. The van der Waals surface area contributed by atoms with Crippen LogP contribution >= 0.6 is 11.6 Å². The largest absolute Gasteiger partial charge is 0.481 e. The van der Waals surface area contributed by atoms with Crippen LogP contribution in [0.3, 0.4) is 0 Å². The van der Waals surface area contributed by atoms with Gasteiger partial charge in [0.05, 0.1) is 11.3 Å². The number of anilines is 1. The first kappa shape index (κ1) is 19.8. The molecular formula is C20H23ClN2O3. The summed E-state index contributed by atoms with van der Waals surface area (Å²) in [5, 5.41) is 6.14. The van der Waals surface area contributed by atoms with Gasteiger partial charge in [0.15, 0.2) is 6.10 Å². The van der Waals surface area contributed by atoms with E-state index in [4.69, 9.17) is 16.3 Å². The number of rotatable bonds is 8. The maximum absolute atomic E-state index is 12.4. The Balaban J connectivity index is 2.03. The Morgan fingerprint density at radius 1 is 1.15 bits per heavy atom. The standard InChI is InChI=1S/C20H23ClN2O3/c1-3-4-12-22-20(25)17-10-5-6-11-18(17)23-19(24)14(2)26-16-9-7-8-15(21)13-16/h5-11,13-14H,3-4,12H2,1-2H3,(H,22,25)(H,23,24)/t14-/m1/s1. The van der Waals surface area contributed by atoms with Crippen LogP contribution in [0.5, 0.6) is 5.75 Å². The van der Waals surface area contributed by atoms with Crippen LogP contribution in [0.1, 0.15) is 37.0 Å². The minimum atomic E-state index is -0.746. The number of hydrogen-bond acceptors (Lipinski definition) is 3. The van der Waals surface area contributed by atoms with Crippen molar-refractivity contribution in [1.82, 2.24) is 5.32 Å². The van der Waals surface area contributed by atoms with Gasteiger partial charge in [0.1, 0.15) is 5.75 Å². The lowest BCUT2D eigenvalue weighted by atomic mass is 10.1. The monoisotopic (exact) mass is 374 g/mol. The summed E-state index contributed by atoms with van der Waals surface area (Å²) >= 11 is 5.92. The summed E-state index contributed by atoms with van der Waals surface area (Å²) in [6, 6.07) is 13.7. The van der Waals surface area contributed by atoms with Crippen LogP contribution in [-0.4, -0.2) is 24.5 Å². The molecule has 0 unspecified atom stereocenters. The van der Waals surface area contributed by atoms with Gasteiger partial charge in [-0.25, -0.2) is 0 Å². The number of carbonyl (C=O) groups is 2. The molecule has 0 heterocycles. The van der Waals surface area contributed by atoms with Crippen molar-refractivity contribution in [3.8, 4) is 5.75 Å². The van der Waals surface area contributed by atoms with Crippen molar-refractivity contribution in [3.63, 3.8) is 0 Å². The number of carbonyl (C=O) groups excluding carboxylic acids is 2. The average molecular weight is 375 g/mol. The predicted molar refractivity (Wildman–Crippen MR) is 104 cm³/mol. The van der Waals surface area contributed by atoms with E-state index in [-0.39, 0.29) is 11.8 Å². The smallest absolute Gasteiger partial charge is 0.265 e. The normalized spacial score (nSPS) is 11.5. The molecule has 0 aliphatic rings. The number of halogens is 1. The van der Waals surface area contributed by atoms with Gasteiger partial charge in [0.2, 0.25) is 0 Å². The lowest BCUT2D eigenvalue weighted by molar-refractivity contribution is -0.122. The second kappa shape index (κ2) is 9.82. The van der Waals surface area contributed by atoms with Crippen molar-refractivity contribution in [3.05, 3.63) is 59.1 Å². The summed E-state index contributed by atoms with van der Waals surface area (Å²) in [5.74, 6) is -0.0534. The molecule has 2 aromatic carbocycles. The highest BCUT2D eigenvalue weighted by Crippen LogP contribution is 2.20. The molecule has 0 radical (unpaired) electrons. The van der Waals surface area contributed by atoms with Crippen LogP contribution in [0, 0.1) is 0 Å². The van der Waals surface area contributed by atoms with Crippen molar-refractivity contribution in [2.75, 3.05) is 11.9 Å². The van der Waals surface area contributed by atoms with Crippen LogP contribution in [-0.2, 0) is 4.79 Å². The Morgan fingerprint density at radius 3 is 2.65 bits per heavy atom. The van der Waals surface area contributed by atoms with Gasteiger partial charge in [-0.05, 0) is 43.7 Å². The van der Waals surface area contributed by atoms with Gasteiger partial charge in [-0.1, -0.05) is 43.1 Å². The lowest BCUT2D eigenvalue weighted by Gasteiger charge is -2.16. The molecule has 0 aliphatic carbocycles. The minimum absolute atomic E-state index is 0.210. The topological polar surface area (TPSA) is 67.4 Å². The Kier molecular flexibility index (Phi) is 7.48. The van der Waals surface area contributed by atoms with Crippen molar-refractivity contribution < 1.29 is 14.3 Å². The van der Waals surface area contributed by atoms with E-state index < -0.39 is 6.10 Å². The molecule has 1 atom stereocenters. The molecule has 2 amide bonds. The third-order valence-corrected chi connectivity index (χ3v) is 3.96. The zero-order chi connectivity index (χ0) is 18.9. The molecule has 0 saturated carbocycles. The van der Waals surface area contributed by atoms with Gasteiger partial charge in [-0.2, -0.15) is 0 Å². The average Bonchev–Trinajstić information content (AvgIpc) is 2.62. The minimum Gasteiger partial charge on any atom is -0.481 e. The summed E-state index contributed by atoms with van der Waals surface area (Å²) < 4.78 is 5.61. The van der Waals surface area contributed by atoms with Gasteiger partial charge in [-0.15, -0.1) is 0 Å². The first-order valence-corrected chi connectivity index (χ1v) is 8.99. The maximum Gasteiger partial charge on any atom is 0.265 e. The van der Waals surface area contributed by atoms with Crippen molar-refractivity contribution in [2.45, 2.75) is 32.8 Å². The Morgan fingerprint density at radius 2 is 1.92 bits per heavy atom. The molecule has 138 valence electrons. The number of amides is 2. The van der Waals surface area contributed by atoms with E-state index in [1.807, 2.05) is 0 Å². The van der Waals surface area contributed by atoms with E-state index >= 15 is 0 Å². The van der Waals surface area contributed by atoms with Crippen LogP contribution in [0.25, 0.3) is 0 Å². The first-order valence-electron chi connectivity index (χ1n) is 8.61. The molecule has 0 bridgehead atoms. The van der Waals surface area contributed by atoms with Crippen molar-refractivity contribution in [2.24, 2.45) is 0 Å². The van der Waals surface area contributed by atoms with Crippen molar-refractivity contribution in [1.29, 1.82) is 0 Å². The second-order valence-electron chi connectivity index (χ2n) is 5.86. The lowest BCUT2D eigenvalue weighted by Crippen LogP contribution is -2.32. The number of para-hydroxylation sites is 1. The highest BCUT2D eigenvalue weighted by molar-refractivity contribution is 6.30. The van der Waals surface area contributed by atoms with Crippen LogP contribution < -0.4 is 15.4 Å². The van der Waals surface area contributed by atoms with Gasteiger partial charge in [0.25, 0.3) is 11.8 Å². The summed E-state index contributed by atoms with van der Waals surface area (Å²) in [5.41, 5.74) is 0.875. The van der Waals surface area contributed by atoms with Gasteiger partial charge in [-0.3, -0.25) is 9.59 Å². The number of benzene rings is 2. The van der Waals surface area contributed by atoms with E-state index in [1.54, 1.807) is 55.5 Å². The third kappa shape index (κ3) is 5.77. The summed E-state index contributed by atoms with van der Waals surface area (Å²) in [6.45, 7) is 4.30. The van der Waals surface area contributed by atoms with Crippen LogP contribution in [0.2, 0.25) is 5.02 Å². The maximum atomic E-state index is 12.4. The number of nitrogens with one attached hydrogen (secondary N) is 2. The van der Waals surface area contributed by atoms with Gasteiger partial charge >= 0.3 is 0 Å². The van der Waals surface area contributed by atoms with Crippen LogP contribution in [0.15, 0.2) is 48.5 Å². The van der Waals surface area contributed by atoms with Crippen molar-refractivity contribution >= 4 is 29.1 Å². The van der Waals surface area contributed by atoms with Gasteiger partial charge < -0.3 is 15.4 Å². The number of unbranched alkanes of at least 4 members (excludes halogenated alkanes) is 1. The molecule has 2 N–H and O–H groups in total. The fourth-order valence-electron chi connectivity index (χ4n) is 2.30. The van der Waals surface area contributed by atoms with Crippen LogP contribution in [0.4, 0.5) is 5.69 Å². The Labute approximate surface area is 158 Å². The molecule has 26 heavy (non-hydrogen) atoms. The highest BCUT2D eigenvalue weighted by atomic mass is 35.5. The Hall–Kier alpha value is -2.53. The number of hydrogen-bond donors (Lipinski definition) is 2. The quantitative estimate of drug-likeness (QED) is 0.678. The fraction of sp³-hybridized carbons (Fsp3) is 0.300. The van der Waals surface area contributed by atoms with E-state index in [0.29, 0.717) is 28.6 Å². The molecule has 6 heteroatoms. The summed E-state index contributed by atoms with van der Waals surface area (Å²) in [4.78, 5) is 24.7. The summed E-state index contributed by atoms with van der Waals surface area (Å²) in [7, 11) is 0. The zero-order valence-electron chi connectivity index (χ0n) is 14.9. The zero-order valence-corrected chi connectivity index (χ0v) is 15.7. The fourth-order valence-corrected chi connectivity index (χ4v) is 2.48. The van der Waals surface area contributed by atoms with E-state index in [0.717, 1.165) is 12.8 Å². The summed E-state index contributed by atoms with van der Waals surface area (Å²) in [6.07, 6.45) is 1.16.